The van der Waals surface area contributed by atoms with Crippen molar-refractivity contribution in [3.8, 4) is 11.4 Å². The molecule has 1 saturated carbocycles. The minimum absolute atomic E-state index is 0.612. The molecule has 0 amide bonds. The van der Waals surface area contributed by atoms with Crippen molar-refractivity contribution in [1.82, 2.24) is 14.8 Å². The molecule has 0 spiro atoms. The fourth-order valence-corrected chi connectivity index (χ4v) is 2.40. The summed E-state index contributed by atoms with van der Waals surface area (Å²) in [5, 5.41) is 10.8. The van der Waals surface area contributed by atoms with Gasteiger partial charge in [-0.05, 0) is 29.7 Å². The highest BCUT2D eigenvalue weighted by molar-refractivity contribution is 5.86. The summed E-state index contributed by atoms with van der Waals surface area (Å²) in [4.78, 5) is 0. The van der Waals surface area contributed by atoms with E-state index in [1.54, 1.807) is 0 Å². The molecule has 0 N–H and O–H groups in total. The van der Waals surface area contributed by atoms with Gasteiger partial charge in [0.15, 0.2) is 5.82 Å². The van der Waals surface area contributed by atoms with Gasteiger partial charge in [0.25, 0.3) is 0 Å². The van der Waals surface area contributed by atoms with E-state index in [0.717, 1.165) is 11.4 Å². The first-order valence-electron chi connectivity index (χ1n) is 6.30. The molecule has 3 heteroatoms. The van der Waals surface area contributed by atoms with Crippen LogP contribution >= 0.6 is 0 Å². The van der Waals surface area contributed by atoms with Crippen molar-refractivity contribution in [1.29, 1.82) is 0 Å². The molecule has 1 fully saturated rings. The van der Waals surface area contributed by atoms with Crippen LogP contribution in [0.2, 0.25) is 0 Å². The van der Waals surface area contributed by atoms with Gasteiger partial charge in [0, 0.05) is 11.6 Å². The van der Waals surface area contributed by atoms with Crippen molar-refractivity contribution in [2.45, 2.75) is 18.9 Å². The Labute approximate surface area is 105 Å². The summed E-state index contributed by atoms with van der Waals surface area (Å²) in [6.07, 6.45) is 4.35. The van der Waals surface area contributed by atoms with Gasteiger partial charge in [-0.1, -0.05) is 36.4 Å². The fourth-order valence-electron chi connectivity index (χ4n) is 2.40. The molecule has 2 aromatic carbocycles. The molecule has 0 unspecified atom stereocenters. The van der Waals surface area contributed by atoms with Crippen LogP contribution < -0.4 is 0 Å². The highest BCUT2D eigenvalue weighted by Gasteiger charge is 2.26. The van der Waals surface area contributed by atoms with Crippen LogP contribution in [-0.4, -0.2) is 14.8 Å². The lowest BCUT2D eigenvalue weighted by molar-refractivity contribution is 0.746. The Hall–Kier alpha value is -2.16. The van der Waals surface area contributed by atoms with Crippen molar-refractivity contribution in [2.75, 3.05) is 0 Å². The maximum atomic E-state index is 4.27. The van der Waals surface area contributed by atoms with Crippen LogP contribution in [-0.2, 0) is 0 Å². The maximum absolute atomic E-state index is 4.27. The first-order chi connectivity index (χ1) is 8.92. The minimum Gasteiger partial charge on any atom is -0.310 e. The Morgan fingerprint density at radius 3 is 2.67 bits per heavy atom. The number of rotatable bonds is 2. The second-order valence-corrected chi connectivity index (χ2v) is 4.85. The molecule has 0 saturated heterocycles. The van der Waals surface area contributed by atoms with Gasteiger partial charge in [0.05, 0.1) is 0 Å². The number of aromatic nitrogens is 3. The van der Waals surface area contributed by atoms with Crippen LogP contribution in [0.5, 0.6) is 0 Å². The van der Waals surface area contributed by atoms with Gasteiger partial charge >= 0.3 is 0 Å². The van der Waals surface area contributed by atoms with Crippen LogP contribution in [0, 0.1) is 0 Å². The average molecular weight is 235 g/mol. The molecule has 4 rings (SSSR count). The normalized spacial score (nSPS) is 15.1. The van der Waals surface area contributed by atoms with E-state index in [1.807, 2.05) is 6.33 Å². The van der Waals surface area contributed by atoms with Gasteiger partial charge in [-0.15, -0.1) is 10.2 Å². The Bertz CT molecular complexity index is 710. The van der Waals surface area contributed by atoms with E-state index >= 15 is 0 Å². The monoisotopic (exact) mass is 235 g/mol. The second kappa shape index (κ2) is 3.67. The third kappa shape index (κ3) is 1.51. The molecule has 88 valence electrons. The molecule has 1 aliphatic rings. The summed E-state index contributed by atoms with van der Waals surface area (Å²) in [5.74, 6) is 0.989. The highest BCUT2D eigenvalue weighted by atomic mass is 15.3. The lowest BCUT2D eigenvalue weighted by Gasteiger charge is -2.05. The van der Waals surface area contributed by atoms with Gasteiger partial charge in [0.1, 0.15) is 6.33 Å². The predicted octanol–water partition coefficient (Wildman–Crippen LogP) is 3.43. The highest BCUT2D eigenvalue weighted by Crippen LogP contribution is 2.37. The van der Waals surface area contributed by atoms with E-state index in [2.05, 4.69) is 57.2 Å². The van der Waals surface area contributed by atoms with Crippen LogP contribution in [0.25, 0.3) is 22.2 Å². The number of benzene rings is 2. The number of hydrogen-bond donors (Lipinski definition) is 0. The first-order valence-corrected chi connectivity index (χ1v) is 6.30. The van der Waals surface area contributed by atoms with Gasteiger partial charge in [-0.2, -0.15) is 0 Å². The molecule has 1 aromatic heterocycles. The minimum atomic E-state index is 0.612. The quantitative estimate of drug-likeness (QED) is 0.681. The zero-order valence-electron chi connectivity index (χ0n) is 9.95. The van der Waals surface area contributed by atoms with Crippen LogP contribution in [0.3, 0.4) is 0 Å². The molecule has 3 nitrogen and oxygen atoms in total. The third-order valence-corrected chi connectivity index (χ3v) is 3.52. The summed E-state index contributed by atoms with van der Waals surface area (Å²) < 4.78 is 2.20. The average Bonchev–Trinajstić information content (AvgIpc) is 3.16. The molecule has 0 atom stereocenters. The van der Waals surface area contributed by atoms with E-state index in [1.165, 1.54) is 23.6 Å². The zero-order valence-corrected chi connectivity index (χ0v) is 9.95. The van der Waals surface area contributed by atoms with Crippen molar-refractivity contribution >= 4 is 10.8 Å². The van der Waals surface area contributed by atoms with Crippen LogP contribution in [0.15, 0.2) is 48.8 Å². The van der Waals surface area contributed by atoms with E-state index in [0.29, 0.717) is 6.04 Å². The second-order valence-electron chi connectivity index (χ2n) is 4.85. The number of fused-ring (bicyclic) bond motifs is 1. The molecular formula is C15H13N3. The number of nitrogens with zero attached hydrogens (tertiary/aromatic N) is 3. The van der Waals surface area contributed by atoms with E-state index in [9.17, 15) is 0 Å². The molecule has 3 aromatic rings. The van der Waals surface area contributed by atoms with E-state index in [4.69, 9.17) is 0 Å². The number of hydrogen-bond acceptors (Lipinski definition) is 2. The Balaban J connectivity index is 1.88. The smallest absolute Gasteiger partial charge is 0.164 e. The lowest BCUT2D eigenvalue weighted by Crippen LogP contribution is -1.95. The summed E-state index contributed by atoms with van der Waals surface area (Å²) in [6, 6.07) is 15.5. The van der Waals surface area contributed by atoms with Crippen molar-refractivity contribution < 1.29 is 0 Å². The maximum Gasteiger partial charge on any atom is 0.164 e. The van der Waals surface area contributed by atoms with Crippen molar-refractivity contribution in [3.05, 3.63) is 48.8 Å². The van der Waals surface area contributed by atoms with Crippen molar-refractivity contribution in [2.24, 2.45) is 0 Å². The van der Waals surface area contributed by atoms with Gasteiger partial charge in [-0.25, -0.2) is 0 Å². The molecule has 1 aliphatic carbocycles. The third-order valence-electron chi connectivity index (χ3n) is 3.52. The Morgan fingerprint density at radius 2 is 1.83 bits per heavy atom. The Kier molecular flexibility index (Phi) is 2.00. The largest absolute Gasteiger partial charge is 0.310 e. The van der Waals surface area contributed by atoms with Crippen LogP contribution in [0.1, 0.15) is 18.9 Å². The van der Waals surface area contributed by atoms with Crippen molar-refractivity contribution in [3.63, 3.8) is 0 Å². The molecule has 0 radical (unpaired) electrons. The molecule has 0 aliphatic heterocycles. The predicted molar refractivity (Wildman–Crippen MR) is 71.2 cm³/mol. The standard InChI is InChI=1S/C15H13N3/c1-2-4-12-9-13(6-5-11(12)3-1)15-17-16-10-18(15)14-7-8-14/h1-6,9-10,14H,7-8H2. The molecule has 0 bridgehead atoms. The van der Waals surface area contributed by atoms with E-state index < -0.39 is 0 Å². The van der Waals surface area contributed by atoms with Gasteiger partial charge < -0.3 is 4.57 Å². The van der Waals surface area contributed by atoms with Gasteiger partial charge in [-0.3, -0.25) is 0 Å². The van der Waals surface area contributed by atoms with Gasteiger partial charge in [0.2, 0.25) is 0 Å². The fraction of sp³-hybridized carbons (Fsp3) is 0.200. The summed E-state index contributed by atoms with van der Waals surface area (Å²) in [7, 11) is 0. The molecular weight excluding hydrogens is 222 g/mol. The SMILES string of the molecule is c1ccc2cc(-c3nncn3C3CC3)ccc2c1. The van der Waals surface area contributed by atoms with Crippen LogP contribution in [0.4, 0.5) is 0 Å². The molecule has 1 heterocycles. The topological polar surface area (TPSA) is 30.7 Å². The lowest BCUT2D eigenvalue weighted by atomic mass is 10.1. The summed E-state index contributed by atoms with van der Waals surface area (Å²) in [5.41, 5.74) is 1.15. The summed E-state index contributed by atoms with van der Waals surface area (Å²) >= 11 is 0. The zero-order chi connectivity index (χ0) is 11.9. The summed E-state index contributed by atoms with van der Waals surface area (Å²) in [6.45, 7) is 0. The Morgan fingerprint density at radius 1 is 1.00 bits per heavy atom. The van der Waals surface area contributed by atoms with E-state index in [-0.39, 0.29) is 0 Å². The molecule has 18 heavy (non-hydrogen) atoms. The first kappa shape index (κ1) is 9.83.